The lowest BCUT2D eigenvalue weighted by Gasteiger charge is -2.04. The van der Waals surface area contributed by atoms with E-state index < -0.39 is 22.0 Å². The van der Waals surface area contributed by atoms with Crippen LogP contribution in [-0.2, 0) is 4.79 Å². The van der Waals surface area contributed by atoms with Crippen LogP contribution in [0.3, 0.4) is 0 Å². The van der Waals surface area contributed by atoms with Crippen LogP contribution in [0.5, 0.6) is 5.75 Å². The lowest BCUT2D eigenvalue weighted by Crippen LogP contribution is -2.17. The number of hydrogen-bond acceptors (Lipinski definition) is 7. The monoisotopic (exact) mass is 370 g/mol. The lowest BCUT2D eigenvalue weighted by atomic mass is 10.2. The average Bonchev–Trinajstić information content (AvgIpc) is 2.94. The maximum absolute atomic E-state index is 12.0. The van der Waals surface area contributed by atoms with Crippen molar-refractivity contribution in [2.45, 2.75) is 0 Å². The third kappa shape index (κ3) is 3.95. The molecule has 0 spiro atoms. The number of nitro benzene ring substituents is 1. The van der Waals surface area contributed by atoms with Crippen LogP contribution in [0, 0.1) is 10.1 Å². The standard InChI is InChI=1S/C17H10N2O6S/c20-15-14(26-17(22)18-15)9-10-1-7-13(8-2-10)25-16(21)11-3-5-12(6-4-11)19(23)24/h1-9H,(H,18,20,22)/b14-9-. The van der Waals surface area contributed by atoms with E-state index in [1.54, 1.807) is 18.2 Å². The van der Waals surface area contributed by atoms with Crippen LogP contribution in [0.4, 0.5) is 10.5 Å². The van der Waals surface area contributed by atoms with E-state index in [0.717, 1.165) is 11.8 Å². The maximum atomic E-state index is 12.0. The number of esters is 1. The highest BCUT2D eigenvalue weighted by Gasteiger charge is 2.24. The molecule has 2 amide bonds. The summed E-state index contributed by atoms with van der Waals surface area (Å²) in [7, 11) is 0. The fraction of sp³-hybridized carbons (Fsp3) is 0. The van der Waals surface area contributed by atoms with Crippen molar-refractivity contribution in [3.8, 4) is 5.75 Å². The fourth-order valence-electron chi connectivity index (χ4n) is 2.09. The number of imide groups is 1. The largest absolute Gasteiger partial charge is 0.423 e. The highest BCUT2D eigenvalue weighted by molar-refractivity contribution is 8.18. The van der Waals surface area contributed by atoms with Gasteiger partial charge in [0.15, 0.2) is 0 Å². The van der Waals surface area contributed by atoms with E-state index >= 15 is 0 Å². The number of amides is 2. The quantitative estimate of drug-likeness (QED) is 0.289. The second kappa shape index (κ2) is 7.19. The van der Waals surface area contributed by atoms with Gasteiger partial charge in [0.25, 0.3) is 16.8 Å². The summed E-state index contributed by atoms with van der Waals surface area (Å²) in [6.45, 7) is 0. The van der Waals surface area contributed by atoms with E-state index in [9.17, 15) is 24.5 Å². The number of carbonyl (C=O) groups excluding carboxylic acids is 3. The van der Waals surface area contributed by atoms with E-state index in [1.807, 2.05) is 0 Å². The predicted molar refractivity (Wildman–Crippen MR) is 93.6 cm³/mol. The molecule has 1 fully saturated rings. The fourth-order valence-corrected chi connectivity index (χ4v) is 2.77. The molecule has 2 aromatic rings. The Morgan fingerprint density at radius 1 is 1.08 bits per heavy atom. The summed E-state index contributed by atoms with van der Waals surface area (Å²) < 4.78 is 5.20. The van der Waals surface area contributed by atoms with Crippen LogP contribution in [0.25, 0.3) is 6.08 Å². The zero-order valence-electron chi connectivity index (χ0n) is 13.0. The summed E-state index contributed by atoms with van der Waals surface area (Å²) in [5.74, 6) is -0.828. The summed E-state index contributed by atoms with van der Waals surface area (Å²) in [5.41, 5.74) is 0.720. The molecular formula is C17H10N2O6S. The van der Waals surface area contributed by atoms with Gasteiger partial charge in [0, 0.05) is 12.1 Å². The van der Waals surface area contributed by atoms with Crippen LogP contribution in [0.15, 0.2) is 53.4 Å². The van der Waals surface area contributed by atoms with Gasteiger partial charge in [0.05, 0.1) is 15.4 Å². The van der Waals surface area contributed by atoms with Gasteiger partial charge < -0.3 is 4.74 Å². The van der Waals surface area contributed by atoms with Crippen LogP contribution in [0.1, 0.15) is 15.9 Å². The summed E-state index contributed by atoms with van der Waals surface area (Å²) in [6.07, 6.45) is 1.55. The number of nitrogens with zero attached hydrogens (tertiary/aromatic N) is 1. The normalized spacial score (nSPS) is 15.0. The summed E-state index contributed by atoms with van der Waals surface area (Å²) in [5, 5.41) is 12.3. The molecule has 0 aliphatic carbocycles. The molecule has 1 heterocycles. The maximum Gasteiger partial charge on any atom is 0.343 e. The zero-order chi connectivity index (χ0) is 18.7. The van der Waals surface area contributed by atoms with Gasteiger partial charge in [-0.2, -0.15) is 0 Å². The number of thioether (sulfide) groups is 1. The van der Waals surface area contributed by atoms with Gasteiger partial charge in [-0.3, -0.25) is 25.0 Å². The molecule has 1 saturated heterocycles. The molecule has 1 aliphatic rings. The summed E-state index contributed by atoms with van der Waals surface area (Å²) in [4.78, 5) is 45.0. The van der Waals surface area contributed by atoms with Crippen molar-refractivity contribution < 1.29 is 24.0 Å². The molecule has 3 rings (SSSR count). The van der Waals surface area contributed by atoms with Gasteiger partial charge in [-0.1, -0.05) is 12.1 Å². The van der Waals surface area contributed by atoms with E-state index in [2.05, 4.69) is 5.32 Å². The molecule has 0 saturated carbocycles. The van der Waals surface area contributed by atoms with Gasteiger partial charge in [-0.25, -0.2) is 4.79 Å². The Hall–Kier alpha value is -3.46. The number of ether oxygens (including phenoxy) is 1. The molecule has 9 heteroatoms. The first kappa shape index (κ1) is 17.4. The topological polar surface area (TPSA) is 116 Å². The van der Waals surface area contributed by atoms with Crippen molar-refractivity contribution in [2.75, 3.05) is 0 Å². The first-order valence-corrected chi connectivity index (χ1v) is 8.05. The molecule has 0 atom stereocenters. The van der Waals surface area contributed by atoms with Crippen molar-refractivity contribution in [2.24, 2.45) is 0 Å². The molecule has 0 radical (unpaired) electrons. The second-order valence-electron chi connectivity index (χ2n) is 5.11. The Kier molecular flexibility index (Phi) is 4.81. The van der Waals surface area contributed by atoms with Crippen molar-refractivity contribution in [1.82, 2.24) is 5.32 Å². The summed E-state index contributed by atoms with van der Waals surface area (Å²) in [6, 6.07) is 11.4. The Morgan fingerprint density at radius 2 is 1.73 bits per heavy atom. The van der Waals surface area contributed by atoms with E-state index in [1.165, 1.54) is 36.4 Å². The second-order valence-corrected chi connectivity index (χ2v) is 6.13. The van der Waals surface area contributed by atoms with E-state index in [0.29, 0.717) is 5.56 Å². The van der Waals surface area contributed by atoms with Gasteiger partial charge in [-0.05, 0) is 47.7 Å². The van der Waals surface area contributed by atoms with Crippen molar-refractivity contribution >= 4 is 40.6 Å². The van der Waals surface area contributed by atoms with Crippen molar-refractivity contribution in [1.29, 1.82) is 0 Å². The van der Waals surface area contributed by atoms with Crippen molar-refractivity contribution in [3.05, 3.63) is 74.7 Å². The first-order chi connectivity index (χ1) is 12.4. The van der Waals surface area contributed by atoms with Gasteiger partial charge in [0.1, 0.15) is 5.75 Å². The highest BCUT2D eigenvalue weighted by atomic mass is 32.2. The van der Waals surface area contributed by atoms with Crippen LogP contribution in [-0.4, -0.2) is 22.0 Å². The molecule has 0 unspecified atom stereocenters. The third-order valence-electron chi connectivity index (χ3n) is 3.34. The molecule has 1 aliphatic heterocycles. The molecule has 2 aromatic carbocycles. The smallest absolute Gasteiger partial charge is 0.343 e. The van der Waals surface area contributed by atoms with Crippen LogP contribution in [0.2, 0.25) is 0 Å². The Balaban J connectivity index is 1.68. The minimum atomic E-state index is -0.651. The molecule has 0 aromatic heterocycles. The number of hydrogen-bond donors (Lipinski definition) is 1. The van der Waals surface area contributed by atoms with Crippen LogP contribution >= 0.6 is 11.8 Å². The minimum Gasteiger partial charge on any atom is -0.423 e. The molecule has 8 nitrogen and oxygen atoms in total. The Morgan fingerprint density at radius 3 is 2.27 bits per heavy atom. The highest BCUT2D eigenvalue weighted by Crippen LogP contribution is 2.26. The number of benzene rings is 2. The number of nitrogens with one attached hydrogen (secondary N) is 1. The van der Waals surface area contributed by atoms with Gasteiger partial charge >= 0.3 is 5.97 Å². The van der Waals surface area contributed by atoms with Crippen LogP contribution < -0.4 is 10.1 Å². The SMILES string of the molecule is O=C1NC(=O)/C(=C/c2ccc(OC(=O)c3ccc([N+](=O)[O-])cc3)cc2)S1. The predicted octanol–water partition coefficient (Wildman–Crippen LogP) is 3.14. The number of rotatable bonds is 4. The minimum absolute atomic E-state index is 0.119. The van der Waals surface area contributed by atoms with E-state index in [4.69, 9.17) is 4.74 Å². The van der Waals surface area contributed by atoms with Gasteiger partial charge in [0.2, 0.25) is 0 Å². The Bertz CT molecular complexity index is 935. The molecule has 26 heavy (non-hydrogen) atoms. The summed E-state index contributed by atoms with van der Waals surface area (Å²) >= 11 is 0.812. The molecule has 1 N–H and O–H groups in total. The zero-order valence-corrected chi connectivity index (χ0v) is 13.8. The number of carbonyl (C=O) groups is 3. The number of nitro groups is 1. The third-order valence-corrected chi connectivity index (χ3v) is 4.15. The van der Waals surface area contributed by atoms with Crippen molar-refractivity contribution in [3.63, 3.8) is 0 Å². The molecule has 0 bridgehead atoms. The number of non-ortho nitro benzene ring substituents is 1. The van der Waals surface area contributed by atoms with Gasteiger partial charge in [-0.15, -0.1) is 0 Å². The molecular weight excluding hydrogens is 360 g/mol. The molecule has 130 valence electrons. The van der Waals surface area contributed by atoms with E-state index in [-0.39, 0.29) is 21.9 Å². The average molecular weight is 370 g/mol. The first-order valence-electron chi connectivity index (χ1n) is 7.24. The lowest BCUT2D eigenvalue weighted by molar-refractivity contribution is -0.384. The Labute approximate surface area is 151 Å².